The summed E-state index contributed by atoms with van der Waals surface area (Å²) in [6, 6.07) is 10.0. The number of rotatable bonds is 3. The second-order valence-corrected chi connectivity index (χ2v) is 4.87. The summed E-state index contributed by atoms with van der Waals surface area (Å²) < 4.78 is 5.76. The molecule has 0 radical (unpaired) electrons. The minimum atomic E-state index is 0.383. The molecule has 2 N–H and O–H groups in total. The zero-order valence-corrected chi connectivity index (χ0v) is 11.1. The van der Waals surface area contributed by atoms with E-state index in [0.717, 1.165) is 16.2 Å². The molecule has 0 aliphatic carbocycles. The summed E-state index contributed by atoms with van der Waals surface area (Å²) in [4.78, 5) is 1.14. The van der Waals surface area contributed by atoms with E-state index in [9.17, 15) is 0 Å². The molecule has 92 valence electrons. The van der Waals surface area contributed by atoms with E-state index in [2.05, 4.69) is 24.8 Å². The van der Waals surface area contributed by atoms with Crippen LogP contribution in [-0.4, -0.2) is 6.54 Å². The van der Waals surface area contributed by atoms with Crippen LogP contribution in [-0.2, 0) is 6.61 Å². The molecule has 18 heavy (non-hydrogen) atoms. The molecule has 1 aromatic heterocycles. The molecular formula is C15H15NOS. The van der Waals surface area contributed by atoms with Crippen LogP contribution in [0, 0.1) is 18.8 Å². The number of ether oxygens (including phenoxy) is 1. The molecule has 2 aromatic rings. The van der Waals surface area contributed by atoms with Gasteiger partial charge in [0.2, 0.25) is 0 Å². The quantitative estimate of drug-likeness (QED) is 0.858. The minimum Gasteiger partial charge on any atom is -0.488 e. The van der Waals surface area contributed by atoms with Crippen molar-refractivity contribution in [1.29, 1.82) is 0 Å². The van der Waals surface area contributed by atoms with E-state index in [0.29, 0.717) is 13.2 Å². The fraction of sp³-hybridized carbons (Fsp3) is 0.200. The van der Waals surface area contributed by atoms with E-state index in [-0.39, 0.29) is 0 Å². The highest BCUT2D eigenvalue weighted by Crippen LogP contribution is 2.20. The minimum absolute atomic E-state index is 0.383. The Balaban J connectivity index is 2.04. The third-order valence-corrected chi connectivity index (χ3v) is 3.32. The Bertz CT molecular complexity index is 577. The summed E-state index contributed by atoms with van der Waals surface area (Å²) >= 11 is 1.66. The van der Waals surface area contributed by atoms with Crippen LogP contribution in [0.4, 0.5) is 0 Å². The zero-order chi connectivity index (χ0) is 12.8. The van der Waals surface area contributed by atoms with Crippen molar-refractivity contribution in [1.82, 2.24) is 0 Å². The molecule has 0 spiro atoms. The van der Waals surface area contributed by atoms with Gasteiger partial charge in [-0.2, -0.15) is 0 Å². The maximum atomic E-state index is 5.76. The molecule has 0 amide bonds. The fourth-order valence-corrected chi connectivity index (χ4v) is 2.31. The van der Waals surface area contributed by atoms with Crippen LogP contribution in [0.25, 0.3) is 0 Å². The van der Waals surface area contributed by atoms with Gasteiger partial charge in [0.05, 0.1) is 11.4 Å². The monoisotopic (exact) mass is 257 g/mol. The molecule has 0 bridgehead atoms. The van der Waals surface area contributed by atoms with Crippen molar-refractivity contribution >= 4 is 11.3 Å². The van der Waals surface area contributed by atoms with Crippen LogP contribution < -0.4 is 10.5 Å². The third-order valence-electron chi connectivity index (χ3n) is 2.43. The Kier molecular flexibility index (Phi) is 4.40. The molecular weight excluding hydrogens is 242 g/mol. The van der Waals surface area contributed by atoms with Crippen molar-refractivity contribution < 1.29 is 4.74 Å². The van der Waals surface area contributed by atoms with Crippen LogP contribution in [0.5, 0.6) is 5.75 Å². The molecule has 0 fully saturated rings. The predicted octanol–water partition coefficient (Wildman–Crippen LogP) is 2.95. The van der Waals surface area contributed by atoms with E-state index in [1.807, 2.05) is 29.6 Å². The largest absolute Gasteiger partial charge is 0.488 e. The second kappa shape index (κ2) is 6.25. The van der Waals surface area contributed by atoms with E-state index < -0.39 is 0 Å². The smallest absolute Gasteiger partial charge is 0.124 e. The van der Waals surface area contributed by atoms with Gasteiger partial charge in [-0.1, -0.05) is 24.0 Å². The Hall–Kier alpha value is -1.76. The number of hydrogen-bond donors (Lipinski definition) is 1. The summed E-state index contributed by atoms with van der Waals surface area (Å²) in [5, 5.41) is 2.02. The first kappa shape index (κ1) is 12.7. The van der Waals surface area contributed by atoms with E-state index >= 15 is 0 Å². The third kappa shape index (κ3) is 3.36. The lowest BCUT2D eigenvalue weighted by molar-refractivity contribution is 0.309. The molecule has 0 saturated heterocycles. The highest BCUT2D eigenvalue weighted by atomic mass is 32.1. The van der Waals surface area contributed by atoms with Crippen molar-refractivity contribution in [2.45, 2.75) is 13.5 Å². The van der Waals surface area contributed by atoms with Crippen LogP contribution in [0.3, 0.4) is 0 Å². The van der Waals surface area contributed by atoms with Crippen molar-refractivity contribution in [3.8, 4) is 17.6 Å². The lowest BCUT2D eigenvalue weighted by Crippen LogP contribution is -1.96. The molecule has 3 heteroatoms. The number of thiophene rings is 1. The van der Waals surface area contributed by atoms with Gasteiger partial charge in [0.25, 0.3) is 0 Å². The number of nitrogens with two attached hydrogens (primary N) is 1. The van der Waals surface area contributed by atoms with Gasteiger partial charge < -0.3 is 10.5 Å². The van der Waals surface area contributed by atoms with Crippen molar-refractivity contribution in [3.05, 3.63) is 51.7 Å². The number of hydrogen-bond acceptors (Lipinski definition) is 3. The summed E-state index contributed by atoms with van der Waals surface area (Å²) in [6.07, 6.45) is 0. The standard InChI is InChI=1S/C15H15NOS/c1-12-4-2-6-14(10-12)17-11-15-13(5-3-8-16)7-9-18-15/h2,4,6-7,9-10H,8,11,16H2,1H3. The van der Waals surface area contributed by atoms with E-state index in [1.54, 1.807) is 11.3 Å². The zero-order valence-electron chi connectivity index (χ0n) is 10.3. The topological polar surface area (TPSA) is 35.2 Å². The lowest BCUT2D eigenvalue weighted by atomic mass is 10.2. The Morgan fingerprint density at radius 2 is 2.22 bits per heavy atom. The maximum absolute atomic E-state index is 5.76. The van der Waals surface area contributed by atoms with E-state index in [1.165, 1.54) is 5.56 Å². The van der Waals surface area contributed by atoms with Gasteiger partial charge in [0, 0.05) is 5.56 Å². The number of benzene rings is 1. The first-order valence-electron chi connectivity index (χ1n) is 5.74. The summed E-state index contributed by atoms with van der Waals surface area (Å²) in [7, 11) is 0. The van der Waals surface area contributed by atoms with Gasteiger partial charge in [-0.15, -0.1) is 11.3 Å². The molecule has 0 saturated carbocycles. The average Bonchev–Trinajstić information content (AvgIpc) is 2.81. The average molecular weight is 257 g/mol. The lowest BCUT2D eigenvalue weighted by Gasteiger charge is -2.05. The normalized spacial score (nSPS) is 9.67. The van der Waals surface area contributed by atoms with E-state index in [4.69, 9.17) is 10.5 Å². The van der Waals surface area contributed by atoms with Gasteiger partial charge >= 0.3 is 0 Å². The molecule has 1 aromatic carbocycles. The Morgan fingerprint density at radius 3 is 3.00 bits per heavy atom. The number of aryl methyl sites for hydroxylation is 1. The van der Waals surface area contributed by atoms with Gasteiger partial charge in [0.15, 0.2) is 0 Å². The van der Waals surface area contributed by atoms with Gasteiger partial charge in [0.1, 0.15) is 12.4 Å². The Labute approximate surface area is 111 Å². The highest BCUT2D eigenvalue weighted by Gasteiger charge is 2.03. The van der Waals surface area contributed by atoms with Crippen LogP contribution >= 0.6 is 11.3 Å². The highest BCUT2D eigenvalue weighted by molar-refractivity contribution is 7.10. The van der Waals surface area contributed by atoms with Crippen molar-refractivity contribution in [3.63, 3.8) is 0 Å². The maximum Gasteiger partial charge on any atom is 0.124 e. The fourth-order valence-electron chi connectivity index (χ4n) is 1.56. The molecule has 2 rings (SSSR count). The summed E-state index contributed by atoms with van der Waals surface area (Å²) in [5.41, 5.74) is 7.58. The molecule has 0 aliphatic rings. The van der Waals surface area contributed by atoms with Gasteiger partial charge in [-0.05, 0) is 36.1 Å². The molecule has 2 nitrogen and oxygen atoms in total. The summed E-state index contributed by atoms with van der Waals surface area (Å²) in [5.74, 6) is 6.81. The van der Waals surface area contributed by atoms with Gasteiger partial charge in [-0.25, -0.2) is 0 Å². The van der Waals surface area contributed by atoms with Crippen LogP contribution in [0.2, 0.25) is 0 Å². The summed E-state index contributed by atoms with van der Waals surface area (Å²) in [6.45, 7) is 2.99. The van der Waals surface area contributed by atoms with Crippen molar-refractivity contribution in [2.24, 2.45) is 5.73 Å². The Morgan fingerprint density at radius 1 is 1.33 bits per heavy atom. The predicted molar refractivity (Wildman–Crippen MR) is 75.8 cm³/mol. The van der Waals surface area contributed by atoms with Crippen LogP contribution in [0.15, 0.2) is 35.7 Å². The molecule has 0 unspecified atom stereocenters. The molecule has 0 atom stereocenters. The first-order valence-corrected chi connectivity index (χ1v) is 6.62. The SMILES string of the molecule is Cc1cccc(OCc2sccc2C#CCN)c1. The van der Waals surface area contributed by atoms with Crippen LogP contribution in [0.1, 0.15) is 16.0 Å². The second-order valence-electron chi connectivity index (χ2n) is 3.87. The van der Waals surface area contributed by atoms with Gasteiger partial charge in [-0.3, -0.25) is 0 Å². The molecule has 1 heterocycles. The van der Waals surface area contributed by atoms with Crippen molar-refractivity contribution in [2.75, 3.05) is 6.54 Å². The first-order chi connectivity index (χ1) is 8.79. The molecule has 0 aliphatic heterocycles.